The molecule has 0 N–H and O–H groups in total. The predicted octanol–water partition coefficient (Wildman–Crippen LogP) is 5.60. The van der Waals surface area contributed by atoms with E-state index >= 15 is 0 Å². The fourth-order valence-corrected chi connectivity index (χ4v) is 4.03. The lowest BCUT2D eigenvalue weighted by Crippen LogP contribution is -2.04. The van der Waals surface area contributed by atoms with E-state index in [1.807, 2.05) is 78.9 Å². The molecule has 0 heterocycles. The van der Waals surface area contributed by atoms with Gasteiger partial charge < -0.3 is 0 Å². The summed E-state index contributed by atoms with van der Waals surface area (Å²) in [4.78, 5) is 0.692. The molecule has 130 valence electrons. The Bertz CT molecular complexity index is 988. The average Bonchev–Trinajstić information content (AvgIpc) is 2.69. The van der Waals surface area contributed by atoms with Crippen molar-refractivity contribution in [3.63, 3.8) is 0 Å². The molecular weight excluding hydrogens is 340 g/mol. The summed E-state index contributed by atoms with van der Waals surface area (Å²) in [6.07, 6.45) is 5.92. The first-order chi connectivity index (χ1) is 12.7. The van der Waals surface area contributed by atoms with E-state index in [-0.39, 0.29) is 0 Å². The highest BCUT2D eigenvalue weighted by molar-refractivity contribution is 7.95. The Morgan fingerprint density at radius 1 is 0.692 bits per heavy atom. The van der Waals surface area contributed by atoms with E-state index in [1.165, 1.54) is 0 Å². The van der Waals surface area contributed by atoms with Gasteiger partial charge in [-0.15, -0.1) is 0 Å². The number of rotatable bonds is 6. The number of hydrogen-bond acceptors (Lipinski definition) is 2. The minimum atomic E-state index is -3.54. The van der Waals surface area contributed by atoms with Crippen LogP contribution in [-0.2, 0) is 9.84 Å². The molecule has 3 rings (SSSR count). The summed E-state index contributed by atoms with van der Waals surface area (Å²) in [5.41, 5.74) is 1.92. The summed E-state index contributed by atoms with van der Waals surface area (Å²) < 4.78 is 26.2. The van der Waals surface area contributed by atoms with Crippen LogP contribution in [0.4, 0.5) is 0 Å². The van der Waals surface area contributed by atoms with Gasteiger partial charge >= 0.3 is 0 Å². The Hall–Kier alpha value is -2.91. The maximum atomic E-state index is 13.1. The molecule has 0 amide bonds. The van der Waals surface area contributed by atoms with E-state index in [0.717, 1.165) is 11.1 Å². The molecular formula is C23H20O2S. The highest BCUT2D eigenvalue weighted by Gasteiger charge is 2.19. The molecule has 0 aliphatic carbocycles. The van der Waals surface area contributed by atoms with Gasteiger partial charge in [-0.2, -0.15) is 0 Å². The lowest BCUT2D eigenvalue weighted by molar-refractivity contribution is 0.601. The van der Waals surface area contributed by atoms with Gasteiger partial charge in [-0.05, 0) is 29.3 Å². The molecule has 0 fully saturated rings. The number of sulfone groups is 1. The van der Waals surface area contributed by atoms with Crippen LogP contribution in [0.25, 0.3) is 12.2 Å². The van der Waals surface area contributed by atoms with E-state index in [9.17, 15) is 8.42 Å². The third-order valence-corrected chi connectivity index (χ3v) is 5.82. The second-order valence-corrected chi connectivity index (χ2v) is 7.86. The molecule has 0 aromatic heterocycles. The molecule has 0 spiro atoms. The molecule has 0 aliphatic heterocycles. The zero-order valence-corrected chi connectivity index (χ0v) is 15.1. The van der Waals surface area contributed by atoms with E-state index in [0.29, 0.717) is 16.2 Å². The van der Waals surface area contributed by atoms with E-state index < -0.39 is 9.84 Å². The molecule has 0 saturated carbocycles. The van der Waals surface area contributed by atoms with Crippen molar-refractivity contribution < 1.29 is 8.42 Å². The SMILES string of the molecule is O=S(=O)(/C(=C\c1ccccc1)C/C=C/c1ccccc1)c1ccccc1. The van der Waals surface area contributed by atoms with Crippen LogP contribution in [0, 0.1) is 0 Å². The fourth-order valence-electron chi connectivity index (χ4n) is 2.61. The summed E-state index contributed by atoms with van der Waals surface area (Å²) in [6, 6.07) is 27.9. The van der Waals surface area contributed by atoms with Gasteiger partial charge in [-0.1, -0.05) is 91.0 Å². The normalized spacial score (nSPS) is 12.4. The van der Waals surface area contributed by atoms with Crippen LogP contribution in [0.15, 0.2) is 107 Å². The fraction of sp³-hybridized carbons (Fsp3) is 0.0435. The van der Waals surface area contributed by atoms with Gasteiger partial charge in [-0.25, -0.2) is 8.42 Å². The first-order valence-electron chi connectivity index (χ1n) is 8.43. The first-order valence-corrected chi connectivity index (χ1v) is 9.92. The van der Waals surface area contributed by atoms with Crippen molar-refractivity contribution in [2.45, 2.75) is 11.3 Å². The molecule has 3 heteroatoms. The van der Waals surface area contributed by atoms with Crippen molar-refractivity contribution >= 4 is 22.0 Å². The average molecular weight is 360 g/mol. The highest BCUT2D eigenvalue weighted by Crippen LogP contribution is 2.24. The molecule has 0 radical (unpaired) electrons. The zero-order valence-electron chi connectivity index (χ0n) is 14.3. The molecule has 2 nitrogen and oxygen atoms in total. The summed E-state index contributed by atoms with van der Waals surface area (Å²) in [5, 5.41) is 0. The van der Waals surface area contributed by atoms with Crippen LogP contribution < -0.4 is 0 Å². The summed E-state index contributed by atoms with van der Waals surface area (Å²) in [7, 11) is -3.54. The Labute approximate surface area is 155 Å². The van der Waals surface area contributed by atoms with Crippen LogP contribution in [0.5, 0.6) is 0 Å². The summed E-state index contributed by atoms with van der Waals surface area (Å²) in [6.45, 7) is 0. The van der Waals surface area contributed by atoms with Gasteiger partial charge in [0.15, 0.2) is 0 Å². The lowest BCUT2D eigenvalue weighted by atomic mass is 10.1. The quantitative estimate of drug-likeness (QED) is 0.573. The van der Waals surface area contributed by atoms with Crippen LogP contribution >= 0.6 is 0 Å². The number of allylic oxidation sites excluding steroid dienone is 2. The zero-order chi connectivity index (χ0) is 18.2. The molecule has 0 unspecified atom stereocenters. The Morgan fingerprint density at radius 3 is 1.77 bits per heavy atom. The molecule has 3 aromatic rings. The highest BCUT2D eigenvalue weighted by atomic mass is 32.2. The van der Waals surface area contributed by atoms with Crippen molar-refractivity contribution in [3.05, 3.63) is 113 Å². The van der Waals surface area contributed by atoms with Gasteiger partial charge in [0.2, 0.25) is 9.84 Å². The molecule has 0 saturated heterocycles. The van der Waals surface area contributed by atoms with E-state index in [1.54, 1.807) is 30.3 Å². The van der Waals surface area contributed by atoms with Crippen LogP contribution in [-0.4, -0.2) is 8.42 Å². The molecule has 0 atom stereocenters. The van der Waals surface area contributed by atoms with Crippen LogP contribution in [0.2, 0.25) is 0 Å². The third-order valence-electron chi connectivity index (χ3n) is 3.95. The largest absolute Gasteiger partial charge is 0.219 e. The number of benzene rings is 3. The number of hydrogen-bond donors (Lipinski definition) is 0. The van der Waals surface area contributed by atoms with Crippen molar-refractivity contribution in [2.24, 2.45) is 0 Å². The van der Waals surface area contributed by atoms with Crippen molar-refractivity contribution in [3.8, 4) is 0 Å². The second kappa shape index (κ2) is 8.45. The summed E-state index contributed by atoms with van der Waals surface area (Å²) in [5.74, 6) is 0. The minimum Gasteiger partial charge on any atom is -0.219 e. The van der Waals surface area contributed by atoms with E-state index in [4.69, 9.17) is 0 Å². The van der Waals surface area contributed by atoms with Crippen LogP contribution in [0.1, 0.15) is 17.5 Å². The van der Waals surface area contributed by atoms with Gasteiger partial charge in [0.1, 0.15) is 0 Å². The Morgan fingerprint density at radius 2 is 1.19 bits per heavy atom. The third kappa shape index (κ3) is 4.58. The first kappa shape index (κ1) is 17.9. The minimum absolute atomic E-state index is 0.315. The van der Waals surface area contributed by atoms with Crippen LogP contribution in [0.3, 0.4) is 0 Å². The van der Waals surface area contributed by atoms with Gasteiger partial charge in [0.05, 0.1) is 9.80 Å². The van der Waals surface area contributed by atoms with Crippen molar-refractivity contribution in [1.82, 2.24) is 0 Å². The predicted molar refractivity (Wildman–Crippen MR) is 108 cm³/mol. The van der Waals surface area contributed by atoms with Crippen molar-refractivity contribution in [2.75, 3.05) is 0 Å². The maximum absolute atomic E-state index is 13.1. The topological polar surface area (TPSA) is 34.1 Å². The maximum Gasteiger partial charge on any atom is 0.203 e. The standard InChI is InChI=1S/C23H20O2S/c24-26(25,22-16-8-3-9-17-22)23(19-21-13-6-2-7-14-21)18-10-15-20-11-4-1-5-12-20/h1-17,19H,18H2/b15-10+,23-19-. The monoisotopic (exact) mass is 360 g/mol. The molecule has 26 heavy (non-hydrogen) atoms. The van der Waals surface area contributed by atoms with E-state index in [2.05, 4.69) is 0 Å². The lowest BCUT2D eigenvalue weighted by Gasteiger charge is -2.08. The Balaban J connectivity index is 1.95. The van der Waals surface area contributed by atoms with Gasteiger partial charge in [0.25, 0.3) is 0 Å². The molecule has 0 aliphatic rings. The van der Waals surface area contributed by atoms with Gasteiger partial charge in [-0.3, -0.25) is 0 Å². The van der Waals surface area contributed by atoms with Crippen molar-refractivity contribution in [1.29, 1.82) is 0 Å². The Kier molecular flexibility index (Phi) is 5.82. The summed E-state index contributed by atoms with van der Waals surface area (Å²) >= 11 is 0. The molecule has 0 bridgehead atoms. The van der Waals surface area contributed by atoms with Gasteiger partial charge in [0, 0.05) is 6.42 Å². The molecule has 3 aromatic carbocycles. The second-order valence-electron chi connectivity index (χ2n) is 5.86. The smallest absolute Gasteiger partial charge is 0.203 e.